The van der Waals surface area contributed by atoms with Gasteiger partial charge >= 0.3 is 7.12 Å². The van der Waals surface area contributed by atoms with E-state index in [0.29, 0.717) is 0 Å². The first-order valence-electron chi connectivity index (χ1n) is 6.69. The normalized spacial score (nSPS) is 19.9. The minimum absolute atomic E-state index is 0.162. The van der Waals surface area contributed by atoms with Crippen molar-refractivity contribution in [1.29, 1.82) is 0 Å². The molecular weight excluding hydrogens is 251 g/mol. The standard InChI is InChI=1S/C16H21BO3/c1-7-11-9-12(18)10-14(13(11)8-2)17-19-15(3,4)16(5,6)20-17/h7-10,18H,1-2H2,3-6H3. The summed E-state index contributed by atoms with van der Waals surface area (Å²) in [7, 11) is -0.529. The topological polar surface area (TPSA) is 38.7 Å². The lowest BCUT2D eigenvalue weighted by atomic mass is 9.74. The van der Waals surface area contributed by atoms with Gasteiger partial charge < -0.3 is 14.4 Å². The first-order chi connectivity index (χ1) is 9.21. The van der Waals surface area contributed by atoms with Gasteiger partial charge in [-0.15, -0.1) is 0 Å². The maximum absolute atomic E-state index is 9.87. The molecule has 3 nitrogen and oxygen atoms in total. The Labute approximate surface area is 121 Å². The number of benzene rings is 1. The van der Waals surface area contributed by atoms with Gasteiger partial charge in [0.1, 0.15) is 5.75 Å². The van der Waals surface area contributed by atoms with Crippen LogP contribution in [0.4, 0.5) is 0 Å². The fraction of sp³-hybridized carbons (Fsp3) is 0.375. The van der Waals surface area contributed by atoms with Crippen LogP contribution >= 0.6 is 0 Å². The number of aromatic hydroxyl groups is 1. The van der Waals surface area contributed by atoms with E-state index in [1.165, 1.54) is 0 Å². The van der Waals surface area contributed by atoms with E-state index in [2.05, 4.69) is 13.2 Å². The molecule has 1 heterocycles. The van der Waals surface area contributed by atoms with Crippen LogP contribution in [-0.2, 0) is 9.31 Å². The minimum atomic E-state index is -0.529. The molecule has 1 aromatic carbocycles. The quantitative estimate of drug-likeness (QED) is 0.860. The lowest BCUT2D eigenvalue weighted by Gasteiger charge is -2.32. The Morgan fingerprint density at radius 3 is 2.05 bits per heavy atom. The SMILES string of the molecule is C=Cc1cc(O)cc(B2OC(C)(C)C(C)(C)O2)c1C=C. The third kappa shape index (κ3) is 2.30. The van der Waals surface area contributed by atoms with E-state index in [1.54, 1.807) is 24.3 Å². The lowest BCUT2D eigenvalue weighted by Crippen LogP contribution is -2.41. The molecule has 1 N–H and O–H groups in total. The van der Waals surface area contributed by atoms with Crippen molar-refractivity contribution < 1.29 is 14.4 Å². The van der Waals surface area contributed by atoms with Crippen LogP contribution in [0.2, 0.25) is 0 Å². The Kier molecular flexibility index (Phi) is 3.57. The molecule has 0 amide bonds. The summed E-state index contributed by atoms with van der Waals surface area (Å²) in [5.41, 5.74) is 1.61. The maximum atomic E-state index is 9.87. The first kappa shape index (κ1) is 14.9. The molecule has 1 aliphatic rings. The van der Waals surface area contributed by atoms with Crippen molar-refractivity contribution in [3.63, 3.8) is 0 Å². The number of hydrogen-bond donors (Lipinski definition) is 1. The molecule has 20 heavy (non-hydrogen) atoms. The summed E-state index contributed by atoms with van der Waals surface area (Å²) >= 11 is 0. The van der Waals surface area contributed by atoms with Crippen molar-refractivity contribution in [2.45, 2.75) is 38.9 Å². The first-order valence-corrected chi connectivity index (χ1v) is 6.69. The highest BCUT2D eigenvalue weighted by atomic mass is 16.7. The zero-order valence-corrected chi connectivity index (χ0v) is 12.6. The number of hydrogen-bond acceptors (Lipinski definition) is 3. The van der Waals surface area contributed by atoms with Gasteiger partial charge in [0.2, 0.25) is 0 Å². The Balaban J connectivity index is 2.52. The zero-order chi connectivity index (χ0) is 15.1. The third-order valence-electron chi connectivity index (χ3n) is 4.16. The van der Waals surface area contributed by atoms with Crippen LogP contribution in [0.1, 0.15) is 38.8 Å². The zero-order valence-electron chi connectivity index (χ0n) is 12.6. The molecule has 0 saturated carbocycles. The average Bonchev–Trinajstić information content (AvgIpc) is 2.57. The predicted molar refractivity (Wildman–Crippen MR) is 84.0 cm³/mol. The van der Waals surface area contributed by atoms with E-state index in [-0.39, 0.29) is 5.75 Å². The Bertz CT molecular complexity index is 545. The molecule has 0 spiro atoms. The van der Waals surface area contributed by atoms with Crippen molar-refractivity contribution in [3.05, 3.63) is 36.4 Å². The fourth-order valence-electron chi connectivity index (χ4n) is 2.25. The Morgan fingerprint density at radius 2 is 1.60 bits per heavy atom. The van der Waals surface area contributed by atoms with Crippen molar-refractivity contribution in [2.75, 3.05) is 0 Å². The molecule has 1 aromatic rings. The highest BCUT2D eigenvalue weighted by Crippen LogP contribution is 2.37. The van der Waals surface area contributed by atoms with Crippen molar-refractivity contribution >= 4 is 24.7 Å². The highest BCUT2D eigenvalue weighted by Gasteiger charge is 2.52. The maximum Gasteiger partial charge on any atom is 0.495 e. The van der Waals surface area contributed by atoms with Crippen LogP contribution in [0.25, 0.3) is 12.2 Å². The molecule has 0 bridgehead atoms. The van der Waals surface area contributed by atoms with Crippen LogP contribution < -0.4 is 5.46 Å². The minimum Gasteiger partial charge on any atom is -0.508 e. The van der Waals surface area contributed by atoms with Crippen LogP contribution in [0, 0.1) is 0 Å². The molecule has 1 saturated heterocycles. The molecule has 4 heteroatoms. The Hall–Kier alpha value is -1.52. The van der Waals surface area contributed by atoms with Crippen molar-refractivity contribution in [3.8, 4) is 5.75 Å². The summed E-state index contributed by atoms with van der Waals surface area (Å²) in [4.78, 5) is 0. The van der Waals surface area contributed by atoms with Gasteiger partial charge in [-0.25, -0.2) is 0 Å². The Morgan fingerprint density at radius 1 is 1.05 bits per heavy atom. The van der Waals surface area contributed by atoms with E-state index in [1.807, 2.05) is 27.7 Å². The highest BCUT2D eigenvalue weighted by molar-refractivity contribution is 6.63. The second kappa shape index (κ2) is 4.79. The number of rotatable bonds is 3. The summed E-state index contributed by atoms with van der Waals surface area (Å²) in [6, 6.07) is 3.31. The van der Waals surface area contributed by atoms with Gasteiger partial charge in [-0.05, 0) is 56.4 Å². The summed E-state index contributed by atoms with van der Waals surface area (Å²) < 4.78 is 12.1. The predicted octanol–water partition coefficient (Wildman–Crippen LogP) is 2.98. The van der Waals surface area contributed by atoms with Crippen LogP contribution in [0.15, 0.2) is 25.3 Å². The van der Waals surface area contributed by atoms with Crippen molar-refractivity contribution in [1.82, 2.24) is 0 Å². The van der Waals surface area contributed by atoms with Crippen LogP contribution in [-0.4, -0.2) is 23.4 Å². The summed E-state index contributed by atoms with van der Waals surface area (Å²) in [6.07, 6.45) is 3.42. The summed E-state index contributed by atoms with van der Waals surface area (Å²) in [5.74, 6) is 0.162. The molecular formula is C16H21BO3. The van der Waals surface area contributed by atoms with Gasteiger partial charge in [-0.1, -0.05) is 25.3 Å². The summed E-state index contributed by atoms with van der Waals surface area (Å²) in [5, 5.41) is 9.87. The van der Waals surface area contributed by atoms with Crippen LogP contribution in [0.3, 0.4) is 0 Å². The molecule has 106 valence electrons. The molecule has 0 aromatic heterocycles. The van der Waals surface area contributed by atoms with E-state index in [0.717, 1.165) is 16.6 Å². The van der Waals surface area contributed by atoms with Gasteiger partial charge in [-0.2, -0.15) is 0 Å². The second-order valence-corrected chi connectivity index (χ2v) is 6.03. The molecule has 2 rings (SSSR count). The average molecular weight is 272 g/mol. The van der Waals surface area contributed by atoms with E-state index in [9.17, 15) is 5.11 Å². The van der Waals surface area contributed by atoms with Gasteiger partial charge in [0, 0.05) is 0 Å². The molecule has 0 unspecified atom stereocenters. The summed E-state index contributed by atoms with van der Waals surface area (Å²) in [6.45, 7) is 15.6. The van der Waals surface area contributed by atoms with E-state index >= 15 is 0 Å². The van der Waals surface area contributed by atoms with E-state index < -0.39 is 18.3 Å². The number of phenolic OH excluding ortho intramolecular Hbond substituents is 1. The van der Waals surface area contributed by atoms with Gasteiger partial charge in [0.25, 0.3) is 0 Å². The lowest BCUT2D eigenvalue weighted by molar-refractivity contribution is 0.00578. The number of phenols is 1. The largest absolute Gasteiger partial charge is 0.508 e. The van der Waals surface area contributed by atoms with Gasteiger partial charge in [-0.3, -0.25) is 0 Å². The van der Waals surface area contributed by atoms with Crippen LogP contribution in [0.5, 0.6) is 5.75 Å². The van der Waals surface area contributed by atoms with E-state index in [4.69, 9.17) is 9.31 Å². The smallest absolute Gasteiger partial charge is 0.495 e. The molecule has 0 atom stereocenters. The fourth-order valence-corrected chi connectivity index (χ4v) is 2.25. The molecule has 1 fully saturated rings. The molecule has 0 radical (unpaired) electrons. The van der Waals surface area contributed by atoms with Gasteiger partial charge in [0.15, 0.2) is 0 Å². The monoisotopic (exact) mass is 272 g/mol. The third-order valence-corrected chi connectivity index (χ3v) is 4.16. The molecule has 0 aliphatic carbocycles. The second-order valence-electron chi connectivity index (χ2n) is 6.03. The molecule has 1 aliphatic heterocycles. The van der Waals surface area contributed by atoms with Gasteiger partial charge in [0.05, 0.1) is 11.2 Å². The van der Waals surface area contributed by atoms with Crippen molar-refractivity contribution in [2.24, 2.45) is 0 Å².